The average Bonchev–Trinajstić information content (AvgIpc) is 2.37. The zero-order chi connectivity index (χ0) is 13.4. The maximum atomic E-state index is 13.4. The van der Waals surface area contributed by atoms with Gasteiger partial charge in [0.25, 0.3) is 0 Å². The van der Waals surface area contributed by atoms with Crippen LogP contribution in [-0.4, -0.2) is 6.54 Å². The Balaban J connectivity index is 2.75. The van der Waals surface area contributed by atoms with Gasteiger partial charge in [0.2, 0.25) is 0 Å². The summed E-state index contributed by atoms with van der Waals surface area (Å²) in [7, 11) is 0. The molecular weight excluding hydrogens is 293 g/mol. The molecule has 0 radical (unpaired) electrons. The third kappa shape index (κ3) is 5.07. The van der Waals surface area contributed by atoms with Crippen molar-refractivity contribution in [3.63, 3.8) is 0 Å². The maximum absolute atomic E-state index is 13.4. The topological polar surface area (TPSA) is 12.0 Å². The van der Waals surface area contributed by atoms with Gasteiger partial charge in [-0.15, -0.1) is 0 Å². The van der Waals surface area contributed by atoms with Crippen LogP contribution in [0.1, 0.15) is 57.6 Å². The van der Waals surface area contributed by atoms with Gasteiger partial charge in [-0.05, 0) is 43.1 Å². The monoisotopic (exact) mass is 315 g/mol. The Morgan fingerprint density at radius 2 is 2.00 bits per heavy atom. The number of rotatable bonds is 8. The number of hydrogen-bond donors (Lipinski definition) is 1. The summed E-state index contributed by atoms with van der Waals surface area (Å²) in [6.07, 6.45) is 5.79. The molecule has 1 N–H and O–H groups in total. The Labute approximate surface area is 118 Å². The first-order chi connectivity index (χ1) is 8.69. The third-order valence-electron chi connectivity index (χ3n) is 3.07. The molecule has 0 aliphatic heterocycles. The Bertz CT molecular complexity index is 354. The molecule has 1 rings (SSSR count). The summed E-state index contributed by atoms with van der Waals surface area (Å²) in [6.45, 7) is 5.32. The average molecular weight is 316 g/mol. The molecule has 0 saturated heterocycles. The lowest BCUT2D eigenvalue weighted by Gasteiger charge is -2.20. The molecule has 0 amide bonds. The highest BCUT2D eigenvalue weighted by Gasteiger charge is 2.14. The van der Waals surface area contributed by atoms with Crippen LogP contribution in [0.3, 0.4) is 0 Å². The first-order valence-corrected chi connectivity index (χ1v) is 7.66. The van der Waals surface area contributed by atoms with Crippen molar-refractivity contribution in [2.45, 2.75) is 52.0 Å². The van der Waals surface area contributed by atoms with E-state index >= 15 is 0 Å². The highest BCUT2D eigenvalue weighted by Crippen LogP contribution is 2.28. The van der Waals surface area contributed by atoms with E-state index in [9.17, 15) is 4.39 Å². The van der Waals surface area contributed by atoms with E-state index in [0.717, 1.165) is 29.4 Å². The van der Waals surface area contributed by atoms with E-state index in [-0.39, 0.29) is 11.9 Å². The first-order valence-electron chi connectivity index (χ1n) is 6.87. The van der Waals surface area contributed by atoms with Crippen molar-refractivity contribution in [3.8, 4) is 0 Å². The molecule has 0 fully saturated rings. The molecule has 1 unspecified atom stereocenters. The summed E-state index contributed by atoms with van der Waals surface area (Å²) in [5.41, 5.74) is 1.04. The summed E-state index contributed by atoms with van der Waals surface area (Å²) in [4.78, 5) is 0. The number of halogens is 2. The summed E-state index contributed by atoms with van der Waals surface area (Å²) >= 11 is 3.53. The molecule has 102 valence electrons. The maximum Gasteiger partial charge on any atom is 0.123 e. The highest BCUT2D eigenvalue weighted by molar-refractivity contribution is 9.10. The Kier molecular flexibility index (Phi) is 7.52. The molecular formula is C15H23BrFN. The number of benzene rings is 1. The van der Waals surface area contributed by atoms with E-state index in [1.165, 1.54) is 25.3 Å². The van der Waals surface area contributed by atoms with Crippen molar-refractivity contribution in [1.82, 2.24) is 5.32 Å². The fraction of sp³-hybridized carbons (Fsp3) is 0.600. The highest BCUT2D eigenvalue weighted by atomic mass is 79.9. The van der Waals surface area contributed by atoms with Crippen molar-refractivity contribution in [3.05, 3.63) is 34.1 Å². The molecule has 0 spiro atoms. The van der Waals surface area contributed by atoms with Crippen LogP contribution >= 0.6 is 15.9 Å². The van der Waals surface area contributed by atoms with Gasteiger partial charge in [-0.25, -0.2) is 4.39 Å². The Hall–Kier alpha value is -0.410. The van der Waals surface area contributed by atoms with Crippen LogP contribution in [0.15, 0.2) is 22.7 Å². The van der Waals surface area contributed by atoms with Crippen LogP contribution in [0, 0.1) is 5.82 Å². The number of unbranched alkanes of at least 4 members (excludes halogenated alkanes) is 2. The molecule has 0 aliphatic carbocycles. The molecule has 1 atom stereocenters. The predicted molar refractivity (Wildman–Crippen MR) is 79.3 cm³/mol. The van der Waals surface area contributed by atoms with Crippen molar-refractivity contribution in [1.29, 1.82) is 0 Å². The second kappa shape index (κ2) is 8.65. The predicted octanol–water partition coefficient (Wildman–Crippen LogP) is 5.21. The standard InChI is InChI=1S/C15H23BrFN/c1-3-5-6-7-15(18-10-4-2)13-11-12(17)8-9-14(13)16/h8-9,11,15,18H,3-7,10H2,1-2H3. The number of hydrogen-bond acceptors (Lipinski definition) is 1. The van der Waals surface area contributed by atoms with Gasteiger partial charge in [0.05, 0.1) is 0 Å². The van der Waals surface area contributed by atoms with E-state index in [1.807, 2.05) is 0 Å². The van der Waals surface area contributed by atoms with Crippen LogP contribution in [0.4, 0.5) is 4.39 Å². The second-order valence-corrected chi connectivity index (χ2v) is 5.52. The van der Waals surface area contributed by atoms with E-state index < -0.39 is 0 Å². The van der Waals surface area contributed by atoms with Gasteiger partial charge in [0.1, 0.15) is 5.82 Å². The fourth-order valence-corrected chi connectivity index (χ4v) is 2.59. The van der Waals surface area contributed by atoms with E-state index in [4.69, 9.17) is 0 Å². The molecule has 0 heterocycles. The van der Waals surface area contributed by atoms with E-state index in [1.54, 1.807) is 12.1 Å². The normalized spacial score (nSPS) is 12.7. The summed E-state index contributed by atoms with van der Waals surface area (Å²) in [5, 5.41) is 3.52. The molecule has 18 heavy (non-hydrogen) atoms. The van der Waals surface area contributed by atoms with Gasteiger partial charge in [-0.1, -0.05) is 49.0 Å². The first kappa shape index (κ1) is 15.6. The number of nitrogens with one attached hydrogen (secondary N) is 1. The van der Waals surface area contributed by atoms with Gasteiger partial charge >= 0.3 is 0 Å². The fourth-order valence-electron chi connectivity index (χ4n) is 2.07. The molecule has 1 aromatic rings. The van der Waals surface area contributed by atoms with Gasteiger partial charge < -0.3 is 5.32 Å². The minimum Gasteiger partial charge on any atom is -0.310 e. The summed E-state index contributed by atoms with van der Waals surface area (Å²) in [6, 6.07) is 5.19. The molecule has 0 saturated carbocycles. The van der Waals surface area contributed by atoms with Crippen molar-refractivity contribution in [2.24, 2.45) is 0 Å². The molecule has 0 bridgehead atoms. The molecule has 3 heteroatoms. The lowest BCUT2D eigenvalue weighted by molar-refractivity contribution is 0.470. The largest absolute Gasteiger partial charge is 0.310 e. The quantitative estimate of drug-likeness (QED) is 0.649. The zero-order valence-corrected chi connectivity index (χ0v) is 12.9. The van der Waals surface area contributed by atoms with Crippen molar-refractivity contribution >= 4 is 15.9 Å². The van der Waals surface area contributed by atoms with Crippen LogP contribution in [0.5, 0.6) is 0 Å². The van der Waals surface area contributed by atoms with E-state index in [2.05, 4.69) is 35.1 Å². The molecule has 1 nitrogen and oxygen atoms in total. The smallest absolute Gasteiger partial charge is 0.123 e. The van der Waals surface area contributed by atoms with Crippen LogP contribution in [0.25, 0.3) is 0 Å². The Morgan fingerprint density at radius 3 is 2.67 bits per heavy atom. The van der Waals surface area contributed by atoms with Gasteiger partial charge in [0.15, 0.2) is 0 Å². The molecule has 0 aromatic heterocycles. The summed E-state index contributed by atoms with van der Waals surface area (Å²) in [5.74, 6) is -0.160. The summed E-state index contributed by atoms with van der Waals surface area (Å²) < 4.78 is 14.4. The SMILES string of the molecule is CCCCCC(NCCC)c1cc(F)ccc1Br. The lowest BCUT2D eigenvalue weighted by Crippen LogP contribution is -2.22. The van der Waals surface area contributed by atoms with Crippen molar-refractivity contribution < 1.29 is 4.39 Å². The van der Waals surface area contributed by atoms with Gasteiger partial charge in [-0.2, -0.15) is 0 Å². The van der Waals surface area contributed by atoms with Crippen LogP contribution in [-0.2, 0) is 0 Å². The molecule has 0 aliphatic rings. The molecule has 1 aromatic carbocycles. The minimum absolute atomic E-state index is 0.160. The van der Waals surface area contributed by atoms with Crippen molar-refractivity contribution in [2.75, 3.05) is 6.54 Å². The Morgan fingerprint density at radius 1 is 1.22 bits per heavy atom. The van der Waals surface area contributed by atoms with Gasteiger partial charge in [-0.3, -0.25) is 0 Å². The third-order valence-corrected chi connectivity index (χ3v) is 3.79. The van der Waals surface area contributed by atoms with Gasteiger partial charge in [0, 0.05) is 10.5 Å². The second-order valence-electron chi connectivity index (χ2n) is 4.67. The zero-order valence-electron chi connectivity index (χ0n) is 11.3. The lowest BCUT2D eigenvalue weighted by atomic mass is 10.00. The van der Waals surface area contributed by atoms with Crippen LogP contribution < -0.4 is 5.32 Å². The minimum atomic E-state index is -0.160. The van der Waals surface area contributed by atoms with E-state index in [0.29, 0.717) is 0 Å². The van der Waals surface area contributed by atoms with Crippen LogP contribution in [0.2, 0.25) is 0 Å².